The molecule has 12 atom stereocenters. The fourth-order valence-electron chi connectivity index (χ4n) is 10.6. The second-order valence-corrected chi connectivity index (χ2v) is 13.7. The zero-order valence-electron chi connectivity index (χ0n) is 21.6. The molecular formula is C29H46O4. The first-order valence-electron chi connectivity index (χ1n) is 14.2. The van der Waals surface area contributed by atoms with Crippen LogP contribution in [0.15, 0.2) is 0 Å². The Labute approximate surface area is 200 Å². The van der Waals surface area contributed by atoms with Crippen LogP contribution in [0.25, 0.3) is 0 Å². The average Bonchev–Trinajstić information content (AvgIpc) is 3.21. The average molecular weight is 459 g/mol. The summed E-state index contributed by atoms with van der Waals surface area (Å²) in [5.74, 6) is 4.63. The third-order valence-electron chi connectivity index (χ3n) is 12.2. The van der Waals surface area contributed by atoms with E-state index >= 15 is 0 Å². The summed E-state index contributed by atoms with van der Waals surface area (Å²) < 4.78 is 19.1. The van der Waals surface area contributed by atoms with Gasteiger partial charge in [0, 0.05) is 19.3 Å². The van der Waals surface area contributed by atoms with Gasteiger partial charge < -0.3 is 14.2 Å². The second-order valence-electron chi connectivity index (χ2n) is 13.7. The molecule has 2 aliphatic heterocycles. The molecule has 1 spiro atoms. The maximum Gasteiger partial charge on any atom is 0.302 e. The summed E-state index contributed by atoms with van der Waals surface area (Å²) in [5.41, 5.74) is 0.828. The van der Waals surface area contributed by atoms with E-state index in [-0.39, 0.29) is 17.9 Å². The Hall–Kier alpha value is -0.610. The number of hydrogen-bond acceptors (Lipinski definition) is 4. The van der Waals surface area contributed by atoms with Gasteiger partial charge in [0.25, 0.3) is 0 Å². The largest absolute Gasteiger partial charge is 0.463 e. The first kappa shape index (κ1) is 22.8. The molecule has 0 aromatic heterocycles. The smallest absolute Gasteiger partial charge is 0.302 e. The maximum atomic E-state index is 11.5. The van der Waals surface area contributed by atoms with E-state index in [1.165, 1.54) is 44.9 Å². The van der Waals surface area contributed by atoms with E-state index in [9.17, 15) is 4.79 Å². The molecule has 0 bridgehead atoms. The zero-order chi connectivity index (χ0) is 23.2. The number of carbonyl (C=O) groups is 1. The minimum Gasteiger partial charge on any atom is -0.463 e. The van der Waals surface area contributed by atoms with E-state index in [1.807, 2.05) is 0 Å². The van der Waals surface area contributed by atoms with Gasteiger partial charge in [-0.1, -0.05) is 27.7 Å². The van der Waals surface area contributed by atoms with Crippen LogP contribution in [-0.2, 0) is 19.0 Å². The van der Waals surface area contributed by atoms with Gasteiger partial charge in [0.2, 0.25) is 0 Å². The van der Waals surface area contributed by atoms with Gasteiger partial charge >= 0.3 is 5.97 Å². The highest BCUT2D eigenvalue weighted by Gasteiger charge is 2.69. The number of hydrogen-bond donors (Lipinski definition) is 0. The van der Waals surface area contributed by atoms with E-state index in [0.29, 0.717) is 34.7 Å². The highest BCUT2D eigenvalue weighted by molar-refractivity contribution is 5.66. The van der Waals surface area contributed by atoms with Crippen LogP contribution in [0.5, 0.6) is 0 Å². The zero-order valence-corrected chi connectivity index (χ0v) is 21.6. The van der Waals surface area contributed by atoms with Crippen molar-refractivity contribution in [2.24, 2.45) is 52.3 Å². The molecular weight excluding hydrogens is 412 g/mol. The van der Waals surface area contributed by atoms with Crippen LogP contribution in [0.4, 0.5) is 0 Å². The summed E-state index contributed by atoms with van der Waals surface area (Å²) in [7, 11) is 0. The molecule has 2 saturated heterocycles. The van der Waals surface area contributed by atoms with Crippen molar-refractivity contribution in [3.8, 4) is 0 Å². The fourth-order valence-corrected chi connectivity index (χ4v) is 10.6. The minimum atomic E-state index is -0.300. The summed E-state index contributed by atoms with van der Waals surface area (Å²) in [4.78, 5) is 11.5. The van der Waals surface area contributed by atoms with Gasteiger partial charge in [-0.15, -0.1) is 0 Å². The quantitative estimate of drug-likeness (QED) is 0.429. The molecule has 33 heavy (non-hydrogen) atoms. The molecule has 0 aromatic carbocycles. The van der Waals surface area contributed by atoms with Gasteiger partial charge in [0.15, 0.2) is 5.79 Å². The molecule has 4 nitrogen and oxygen atoms in total. The predicted molar refractivity (Wildman–Crippen MR) is 127 cm³/mol. The molecule has 4 saturated carbocycles. The summed E-state index contributed by atoms with van der Waals surface area (Å²) >= 11 is 0. The standard InChI is InChI=1S/C29H46O4/c1-17-8-13-29(31-16-17)18(2)26-25(33-29)15-24-22-7-6-20-14-21(32-19(3)30)9-11-27(20,4)23(22)10-12-28(24,26)5/h17-18,20-26H,6-16H2,1-5H3/t17-,18+,20-,21?,22?,23?,24?,25+,26+,27+,28+,29-/m1/s1. The SMILES string of the molecule is CC(=O)OC1CC[C@]2(C)C3CC[C@@]4(C)C(C[C@@H]5O[C@]6(CC[C@@H](C)CO6)[C@@H](C)[C@@H]54)C3CC[C@@H]2C1. The van der Waals surface area contributed by atoms with Crippen LogP contribution < -0.4 is 0 Å². The van der Waals surface area contributed by atoms with Crippen molar-refractivity contribution in [3.05, 3.63) is 0 Å². The van der Waals surface area contributed by atoms with Crippen LogP contribution in [0.1, 0.15) is 98.8 Å². The van der Waals surface area contributed by atoms with Crippen LogP contribution in [0.2, 0.25) is 0 Å². The molecule has 6 aliphatic rings. The number of fused-ring (bicyclic) bond motifs is 7. The Morgan fingerprint density at radius 3 is 2.42 bits per heavy atom. The summed E-state index contributed by atoms with van der Waals surface area (Å²) in [5, 5.41) is 0. The molecule has 0 aromatic rings. The molecule has 4 unspecified atom stereocenters. The van der Waals surface area contributed by atoms with Crippen molar-refractivity contribution in [1.29, 1.82) is 0 Å². The van der Waals surface area contributed by atoms with Gasteiger partial charge in [-0.3, -0.25) is 4.79 Å². The normalized spacial score (nSPS) is 57.7. The first-order valence-corrected chi connectivity index (χ1v) is 14.2. The number of rotatable bonds is 1. The lowest BCUT2D eigenvalue weighted by Gasteiger charge is -2.61. The molecule has 4 aliphatic carbocycles. The lowest BCUT2D eigenvalue weighted by Crippen LogP contribution is -2.55. The lowest BCUT2D eigenvalue weighted by molar-refractivity contribution is -0.273. The first-order chi connectivity index (χ1) is 15.7. The van der Waals surface area contributed by atoms with Gasteiger partial charge in [-0.25, -0.2) is 0 Å². The Morgan fingerprint density at radius 2 is 1.70 bits per heavy atom. The van der Waals surface area contributed by atoms with Crippen LogP contribution in [0.3, 0.4) is 0 Å². The third-order valence-corrected chi connectivity index (χ3v) is 12.2. The van der Waals surface area contributed by atoms with Gasteiger partial charge in [0.1, 0.15) is 6.10 Å². The monoisotopic (exact) mass is 458 g/mol. The van der Waals surface area contributed by atoms with Crippen molar-refractivity contribution in [2.45, 2.75) is 117 Å². The second kappa shape index (κ2) is 7.69. The van der Waals surface area contributed by atoms with Crippen molar-refractivity contribution >= 4 is 5.97 Å². The molecule has 0 N–H and O–H groups in total. The van der Waals surface area contributed by atoms with Crippen molar-refractivity contribution in [3.63, 3.8) is 0 Å². The van der Waals surface area contributed by atoms with Crippen LogP contribution in [-0.4, -0.2) is 30.6 Å². The van der Waals surface area contributed by atoms with E-state index in [0.717, 1.165) is 49.5 Å². The van der Waals surface area contributed by atoms with Crippen LogP contribution >= 0.6 is 0 Å². The fraction of sp³-hybridized carbons (Fsp3) is 0.966. The van der Waals surface area contributed by atoms with Crippen molar-refractivity contribution in [2.75, 3.05) is 6.61 Å². The van der Waals surface area contributed by atoms with Gasteiger partial charge in [-0.05, 0) is 104 Å². The van der Waals surface area contributed by atoms with E-state index in [1.54, 1.807) is 6.92 Å². The van der Waals surface area contributed by atoms with Gasteiger partial charge in [-0.2, -0.15) is 0 Å². The Balaban J connectivity index is 1.21. The van der Waals surface area contributed by atoms with Crippen molar-refractivity contribution in [1.82, 2.24) is 0 Å². The Bertz CT molecular complexity index is 786. The molecule has 186 valence electrons. The van der Waals surface area contributed by atoms with E-state index < -0.39 is 0 Å². The van der Waals surface area contributed by atoms with Gasteiger partial charge in [0.05, 0.1) is 12.7 Å². The highest BCUT2D eigenvalue weighted by Crippen LogP contribution is 2.71. The Kier molecular flexibility index (Phi) is 5.32. The van der Waals surface area contributed by atoms with E-state index in [2.05, 4.69) is 27.7 Å². The molecule has 2 heterocycles. The molecule has 6 fully saturated rings. The summed E-state index contributed by atoms with van der Waals surface area (Å²) in [6.07, 6.45) is 12.9. The number of esters is 1. The summed E-state index contributed by atoms with van der Waals surface area (Å²) in [6, 6.07) is 0. The Morgan fingerprint density at radius 1 is 0.909 bits per heavy atom. The van der Waals surface area contributed by atoms with Crippen LogP contribution in [0, 0.1) is 52.3 Å². The van der Waals surface area contributed by atoms with E-state index in [4.69, 9.17) is 14.2 Å². The lowest BCUT2D eigenvalue weighted by atomic mass is 9.44. The molecule has 0 amide bonds. The molecule has 0 radical (unpaired) electrons. The summed E-state index contributed by atoms with van der Waals surface area (Å²) in [6.45, 7) is 12.4. The highest BCUT2D eigenvalue weighted by atomic mass is 16.7. The third kappa shape index (κ3) is 3.25. The number of ether oxygens (including phenoxy) is 3. The predicted octanol–water partition coefficient (Wildman–Crippen LogP) is 6.36. The maximum absolute atomic E-state index is 11.5. The molecule has 4 heteroatoms. The topological polar surface area (TPSA) is 44.8 Å². The number of carbonyl (C=O) groups excluding carboxylic acids is 1. The molecule has 6 rings (SSSR count). The minimum absolute atomic E-state index is 0.105. The van der Waals surface area contributed by atoms with Crippen molar-refractivity contribution < 1.29 is 19.0 Å².